The van der Waals surface area contributed by atoms with Crippen molar-refractivity contribution >= 4 is 23.2 Å². The monoisotopic (exact) mass is 324 g/mol. The van der Waals surface area contributed by atoms with Crippen molar-refractivity contribution < 1.29 is 9.59 Å². The van der Waals surface area contributed by atoms with Gasteiger partial charge in [0, 0.05) is 11.4 Å². The van der Waals surface area contributed by atoms with Gasteiger partial charge in [0.15, 0.2) is 0 Å². The lowest BCUT2D eigenvalue weighted by molar-refractivity contribution is -0.135. The quantitative estimate of drug-likeness (QED) is 0.828. The second-order valence-corrected chi connectivity index (χ2v) is 6.60. The lowest BCUT2D eigenvalue weighted by Gasteiger charge is -2.24. The van der Waals surface area contributed by atoms with Gasteiger partial charge in [-0.3, -0.25) is 9.59 Å². The molecule has 0 saturated carbocycles. The van der Waals surface area contributed by atoms with E-state index in [0.717, 1.165) is 28.1 Å². The Labute approximate surface area is 143 Å². The Balaban J connectivity index is 2.16. The molecule has 0 aliphatic carbocycles. The zero-order valence-corrected chi connectivity index (χ0v) is 14.9. The normalized spacial score (nSPS) is 11.0. The van der Waals surface area contributed by atoms with Crippen molar-refractivity contribution in [3.8, 4) is 0 Å². The molecule has 0 unspecified atom stereocenters. The van der Waals surface area contributed by atoms with Gasteiger partial charge in [-0.15, -0.1) is 0 Å². The van der Waals surface area contributed by atoms with Crippen LogP contribution in [0.1, 0.15) is 30.5 Å². The highest BCUT2D eigenvalue weighted by atomic mass is 16.2. The molecule has 0 aliphatic rings. The minimum absolute atomic E-state index is 0.331. The molecule has 0 fully saturated rings. The van der Waals surface area contributed by atoms with E-state index in [1.165, 1.54) is 0 Å². The van der Waals surface area contributed by atoms with E-state index in [-0.39, 0.29) is 11.8 Å². The minimum Gasteiger partial charge on any atom is -0.325 e. The molecule has 2 amide bonds. The Kier molecular flexibility index (Phi) is 5.07. The SMILES string of the molecule is Cc1ccccc1NC(=O)C(C)(C)C(=O)Nc1cccc(C)c1C. The maximum atomic E-state index is 12.6. The van der Waals surface area contributed by atoms with Crippen molar-refractivity contribution in [2.24, 2.45) is 5.41 Å². The number of anilines is 2. The van der Waals surface area contributed by atoms with Crippen LogP contribution in [0.3, 0.4) is 0 Å². The molecule has 2 rings (SSSR count). The number of para-hydroxylation sites is 1. The molecule has 0 bridgehead atoms. The van der Waals surface area contributed by atoms with Crippen molar-refractivity contribution in [2.45, 2.75) is 34.6 Å². The van der Waals surface area contributed by atoms with Crippen molar-refractivity contribution in [2.75, 3.05) is 10.6 Å². The van der Waals surface area contributed by atoms with Gasteiger partial charge in [-0.1, -0.05) is 30.3 Å². The van der Waals surface area contributed by atoms with Gasteiger partial charge in [0.25, 0.3) is 0 Å². The van der Waals surface area contributed by atoms with E-state index < -0.39 is 5.41 Å². The third kappa shape index (κ3) is 3.65. The van der Waals surface area contributed by atoms with Gasteiger partial charge < -0.3 is 10.6 Å². The van der Waals surface area contributed by atoms with E-state index in [9.17, 15) is 9.59 Å². The first kappa shape index (κ1) is 17.7. The first-order valence-electron chi connectivity index (χ1n) is 7.98. The summed E-state index contributed by atoms with van der Waals surface area (Å²) in [7, 11) is 0. The number of amides is 2. The molecule has 0 spiro atoms. The van der Waals surface area contributed by atoms with E-state index in [1.54, 1.807) is 13.8 Å². The Hall–Kier alpha value is -2.62. The number of aryl methyl sites for hydroxylation is 2. The highest BCUT2D eigenvalue weighted by Crippen LogP contribution is 2.25. The van der Waals surface area contributed by atoms with Crippen molar-refractivity contribution in [1.29, 1.82) is 0 Å². The van der Waals surface area contributed by atoms with Gasteiger partial charge in [-0.05, 0) is 63.4 Å². The van der Waals surface area contributed by atoms with E-state index >= 15 is 0 Å². The summed E-state index contributed by atoms with van der Waals surface area (Å²) in [5, 5.41) is 5.72. The summed E-state index contributed by atoms with van der Waals surface area (Å²) < 4.78 is 0. The number of carbonyl (C=O) groups is 2. The van der Waals surface area contributed by atoms with Crippen molar-refractivity contribution in [1.82, 2.24) is 0 Å². The fraction of sp³-hybridized carbons (Fsp3) is 0.300. The molecule has 126 valence electrons. The van der Waals surface area contributed by atoms with Gasteiger partial charge >= 0.3 is 0 Å². The van der Waals surface area contributed by atoms with Crippen LogP contribution in [0.25, 0.3) is 0 Å². The summed E-state index contributed by atoms with van der Waals surface area (Å²) in [5.41, 5.74) is 3.30. The van der Waals surface area contributed by atoms with E-state index in [4.69, 9.17) is 0 Å². The van der Waals surface area contributed by atoms with E-state index in [0.29, 0.717) is 0 Å². The highest BCUT2D eigenvalue weighted by Gasteiger charge is 2.36. The first-order chi connectivity index (χ1) is 11.2. The first-order valence-corrected chi connectivity index (χ1v) is 7.98. The van der Waals surface area contributed by atoms with E-state index in [1.807, 2.05) is 63.2 Å². The third-order valence-electron chi connectivity index (χ3n) is 4.38. The van der Waals surface area contributed by atoms with Gasteiger partial charge in [-0.2, -0.15) is 0 Å². The Morgan fingerprint density at radius 2 is 1.25 bits per heavy atom. The molecule has 2 aromatic carbocycles. The maximum Gasteiger partial charge on any atom is 0.239 e. The number of carbonyl (C=O) groups excluding carboxylic acids is 2. The number of benzene rings is 2. The molecule has 2 N–H and O–H groups in total. The number of hydrogen-bond donors (Lipinski definition) is 2. The predicted molar refractivity (Wildman–Crippen MR) is 98.1 cm³/mol. The molecule has 0 aliphatic heterocycles. The fourth-order valence-electron chi connectivity index (χ4n) is 2.26. The van der Waals surface area contributed by atoms with Gasteiger partial charge in [0.2, 0.25) is 11.8 Å². The Bertz CT molecular complexity index is 779. The molecular weight excluding hydrogens is 300 g/mol. The van der Waals surface area contributed by atoms with Crippen LogP contribution in [0.15, 0.2) is 42.5 Å². The number of hydrogen-bond acceptors (Lipinski definition) is 2. The third-order valence-corrected chi connectivity index (χ3v) is 4.38. The van der Waals surface area contributed by atoms with Crippen LogP contribution in [-0.2, 0) is 9.59 Å². The summed E-state index contributed by atoms with van der Waals surface area (Å²) in [6, 6.07) is 13.2. The molecule has 24 heavy (non-hydrogen) atoms. The Morgan fingerprint density at radius 1 is 0.750 bits per heavy atom. The second-order valence-electron chi connectivity index (χ2n) is 6.60. The Morgan fingerprint density at radius 3 is 1.88 bits per heavy atom. The van der Waals surface area contributed by atoms with Crippen LogP contribution in [0.5, 0.6) is 0 Å². The molecule has 0 radical (unpaired) electrons. The van der Waals surface area contributed by atoms with Crippen LogP contribution in [0.2, 0.25) is 0 Å². The predicted octanol–water partition coefficient (Wildman–Crippen LogP) is 4.22. The summed E-state index contributed by atoms with van der Waals surface area (Å²) in [5.74, 6) is -0.665. The molecule has 0 aromatic heterocycles. The average molecular weight is 324 g/mol. The molecule has 2 aromatic rings. The molecule has 0 saturated heterocycles. The van der Waals surface area contributed by atoms with Crippen LogP contribution in [-0.4, -0.2) is 11.8 Å². The number of rotatable bonds is 4. The summed E-state index contributed by atoms with van der Waals surface area (Å²) in [6.07, 6.45) is 0. The molecule has 0 atom stereocenters. The van der Waals surface area contributed by atoms with Crippen LogP contribution < -0.4 is 10.6 Å². The fourth-order valence-corrected chi connectivity index (χ4v) is 2.26. The zero-order chi connectivity index (χ0) is 17.9. The smallest absolute Gasteiger partial charge is 0.239 e. The largest absolute Gasteiger partial charge is 0.325 e. The molecule has 0 heterocycles. The number of nitrogens with one attached hydrogen (secondary N) is 2. The van der Waals surface area contributed by atoms with Crippen LogP contribution in [0, 0.1) is 26.2 Å². The summed E-state index contributed by atoms with van der Waals surface area (Å²) in [6.45, 7) is 9.10. The zero-order valence-electron chi connectivity index (χ0n) is 14.9. The molecular formula is C20H24N2O2. The maximum absolute atomic E-state index is 12.6. The molecule has 4 heteroatoms. The standard InChI is InChI=1S/C20H24N2O2/c1-13-10-8-12-17(15(13)3)22-19(24)20(4,5)18(23)21-16-11-7-6-9-14(16)2/h6-12H,1-5H3,(H,21,23)(H,22,24). The lowest BCUT2D eigenvalue weighted by Crippen LogP contribution is -2.41. The van der Waals surface area contributed by atoms with Crippen molar-refractivity contribution in [3.63, 3.8) is 0 Å². The average Bonchev–Trinajstić information content (AvgIpc) is 2.53. The van der Waals surface area contributed by atoms with Crippen LogP contribution >= 0.6 is 0 Å². The topological polar surface area (TPSA) is 58.2 Å². The molecule has 4 nitrogen and oxygen atoms in total. The van der Waals surface area contributed by atoms with Gasteiger partial charge in [-0.25, -0.2) is 0 Å². The van der Waals surface area contributed by atoms with Crippen molar-refractivity contribution in [3.05, 3.63) is 59.2 Å². The highest BCUT2D eigenvalue weighted by molar-refractivity contribution is 6.14. The minimum atomic E-state index is -1.20. The summed E-state index contributed by atoms with van der Waals surface area (Å²) >= 11 is 0. The van der Waals surface area contributed by atoms with Crippen LogP contribution in [0.4, 0.5) is 11.4 Å². The van der Waals surface area contributed by atoms with Gasteiger partial charge in [0.05, 0.1) is 0 Å². The summed E-state index contributed by atoms with van der Waals surface area (Å²) in [4.78, 5) is 25.2. The second kappa shape index (κ2) is 6.87. The van der Waals surface area contributed by atoms with Gasteiger partial charge in [0.1, 0.15) is 5.41 Å². The van der Waals surface area contributed by atoms with E-state index in [2.05, 4.69) is 10.6 Å². The lowest BCUT2D eigenvalue weighted by atomic mass is 9.90.